The zero-order valence-electron chi connectivity index (χ0n) is 18.5. The van der Waals surface area contributed by atoms with Crippen LogP contribution in [-0.2, 0) is 14.4 Å². The summed E-state index contributed by atoms with van der Waals surface area (Å²) in [5, 5.41) is 50.7. The molecule has 180 valence electrons. The van der Waals surface area contributed by atoms with Crippen molar-refractivity contribution < 1.29 is 45.0 Å². The highest BCUT2D eigenvalue weighted by molar-refractivity contribution is 5.67. The van der Waals surface area contributed by atoms with E-state index < -0.39 is 23.3 Å². The first-order chi connectivity index (χ1) is 14.1. The van der Waals surface area contributed by atoms with Crippen LogP contribution in [0.3, 0.4) is 0 Å². The number of unbranched alkanes of at least 4 members (excludes halogenated alkanes) is 6. The molecule has 9 nitrogen and oxygen atoms in total. The number of aliphatic hydroxyl groups is 3. The van der Waals surface area contributed by atoms with Gasteiger partial charge in [0.25, 0.3) is 0 Å². The van der Waals surface area contributed by atoms with Gasteiger partial charge in [-0.2, -0.15) is 0 Å². The van der Waals surface area contributed by atoms with Crippen LogP contribution in [0.25, 0.3) is 0 Å². The molecule has 0 fully saturated rings. The Bertz CT molecular complexity index is 387. The standard InChI is InChI=1S/C8H16O2.C7H12O4.C6H14O3/c1-2-3-4-5-6-7-8(9)10;8-6(9)4-2-1-3-5-7(10)11;1-2-6(3-7,4-8)5-9/h2-7H2,1H3,(H,9,10);1-5H2,(H,8,9)(H,10,11);7-9H,2-5H2,1H3. The summed E-state index contributed by atoms with van der Waals surface area (Å²) < 4.78 is 0. The maximum Gasteiger partial charge on any atom is 0.303 e. The molecule has 0 bridgehead atoms. The summed E-state index contributed by atoms with van der Waals surface area (Å²) in [5.74, 6) is -2.31. The van der Waals surface area contributed by atoms with Crippen molar-refractivity contribution in [1.29, 1.82) is 0 Å². The molecule has 30 heavy (non-hydrogen) atoms. The monoisotopic (exact) mass is 438 g/mol. The van der Waals surface area contributed by atoms with Gasteiger partial charge in [-0.1, -0.05) is 46.0 Å². The molecule has 0 aliphatic heterocycles. The fourth-order valence-corrected chi connectivity index (χ4v) is 2.09. The molecule has 0 aliphatic rings. The van der Waals surface area contributed by atoms with Crippen molar-refractivity contribution in [2.45, 2.75) is 90.9 Å². The highest BCUT2D eigenvalue weighted by Crippen LogP contribution is 2.18. The first-order valence-corrected chi connectivity index (χ1v) is 10.6. The Morgan fingerprint density at radius 1 is 0.567 bits per heavy atom. The van der Waals surface area contributed by atoms with E-state index in [0.29, 0.717) is 32.1 Å². The van der Waals surface area contributed by atoms with Crippen LogP contribution >= 0.6 is 0 Å². The van der Waals surface area contributed by atoms with E-state index in [1.54, 1.807) is 0 Å². The molecule has 0 radical (unpaired) electrons. The predicted octanol–water partition coefficient (Wildman–Crippen LogP) is 2.90. The van der Waals surface area contributed by atoms with Gasteiger partial charge in [0.05, 0.1) is 19.8 Å². The van der Waals surface area contributed by atoms with Crippen molar-refractivity contribution in [3.63, 3.8) is 0 Å². The van der Waals surface area contributed by atoms with Crippen molar-refractivity contribution in [3.05, 3.63) is 0 Å². The van der Waals surface area contributed by atoms with Crippen molar-refractivity contribution in [1.82, 2.24) is 0 Å². The van der Waals surface area contributed by atoms with Gasteiger partial charge in [-0.15, -0.1) is 0 Å². The normalized spacial score (nSPS) is 10.3. The summed E-state index contributed by atoms with van der Waals surface area (Å²) in [6.45, 7) is 3.50. The largest absolute Gasteiger partial charge is 0.481 e. The predicted molar refractivity (Wildman–Crippen MR) is 113 cm³/mol. The number of carboxylic acid groups (broad SMARTS) is 3. The van der Waals surface area contributed by atoms with Crippen molar-refractivity contribution in [2.24, 2.45) is 5.41 Å². The first kappa shape index (κ1) is 32.9. The van der Waals surface area contributed by atoms with Crippen LogP contribution in [0.2, 0.25) is 0 Å². The number of hydrogen-bond donors (Lipinski definition) is 6. The molecule has 0 aromatic rings. The third-order valence-corrected chi connectivity index (χ3v) is 4.53. The van der Waals surface area contributed by atoms with E-state index in [1.165, 1.54) is 19.3 Å². The molecule has 0 spiro atoms. The van der Waals surface area contributed by atoms with Crippen LogP contribution in [0.4, 0.5) is 0 Å². The summed E-state index contributed by atoms with van der Waals surface area (Å²) in [7, 11) is 0. The lowest BCUT2D eigenvalue weighted by atomic mass is 9.88. The fourth-order valence-electron chi connectivity index (χ4n) is 2.09. The Hall–Kier alpha value is -1.71. The van der Waals surface area contributed by atoms with Gasteiger partial charge < -0.3 is 30.6 Å². The minimum absolute atomic E-state index is 0.139. The van der Waals surface area contributed by atoms with E-state index in [1.807, 2.05) is 6.92 Å². The number of rotatable bonds is 16. The molecule has 0 aromatic heterocycles. The fraction of sp³-hybridized carbons (Fsp3) is 0.857. The maximum absolute atomic E-state index is 10.0. The molecule has 0 rings (SSSR count). The molecular formula is C21H42O9. The van der Waals surface area contributed by atoms with E-state index in [0.717, 1.165) is 12.8 Å². The second-order valence-electron chi connectivity index (χ2n) is 7.23. The molecule has 0 heterocycles. The van der Waals surface area contributed by atoms with Crippen LogP contribution < -0.4 is 0 Å². The molecule has 0 aromatic carbocycles. The summed E-state index contributed by atoms with van der Waals surface area (Å²) in [6.07, 6.45) is 8.58. The topological polar surface area (TPSA) is 173 Å². The first-order valence-electron chi connectivity index (χ1n) is 10.6. The summed E-state index contributed by atoms with van der Waals surface area (Å²) in [4.78, 5) is 30.0. The van der Waals surface area contributed by atoms with E-state index in [2.05, 4.69) is 6.92 Å². The lowest BCUT2D eigenvalue weighted by Gasteiger charge is -2.24. The maximum atomic E-state index is 10.0. The van der Waals surface area contributed by atoms with E-state index in [9.17, 15) is 14.4 Å². The van der Waals surface area contributed by atoms with Gasteiger partial charge in [0.1, 0.15) is 0 Å². The van der Waals surface area contributed by atoms with Gasteiger partial charge in [0.15, 0.2) is 0 Å². The SMILES string of the molecule is CCC(CO)(CO)CO.CCCCCCCC(=O)O.O=C(O)CCCCCC(=O)O. The van der Waals surface area contributed by atoms with Crippen LogP contribution in [0.15, 0.2) is 0 Å². The number of carbonyl (C=O) groups is 3. The lowest BCUT2D eigenvalue weighted by molar-refractivity contribution is -0.138. The molecule has 0 atom stereocenters. The Kier molecular flexibility index (Phi) is 25.9. The van der Waals surface area contributed by atoms with E-state index in [4.69, 9.17) is 30.6 Å². The smallest absolute Gasteiger partial charge is 0.303 e. The quantitative estimate of drug-likeness (QED) is 0.198. The number of aliphatic hydroxyl groups excluding tert-OH is 3. The van der Waals surface area contributed by atoms with Crippen LogP contribution in [0.5, 0.6) is 0 Å². The average Bonchev–Trinajstić information content (AvgIpc) is 2.70. The van der Waals surface area contributed by atoms with Crippen LogP contribution in [0, 0.1) is 5.41 Å². The third kappa shape index (κ3) is 26.3. The number of aliphatic carboxylic acids is 3. The molecule has 9 heteroatoms. The summed E-state index contributed by atoms with van der Waals surface area (Å²) >= 11 is 0. The van der Waals surface area contributed by atoms with E-state index >= 15 is 0 Å². The second-order valence-corrected chi connectivity index (χ2v) is 7.23. The highest BCUT2D eigenvalue weighted by atomic mass is 16.4. The van der Waals surface area contributed by atoms with Crippen molar-refractivity contribution in [3.8, 4) is 0 Å². The van der Waals surface area contributed by atoms with Gasteiger partial charge >= 0.3 is 17.9 Å². The minimum atomic E-state index is -0.819. The van der Waals surface area contributed by atoms with Crippen molar-refractivity contribution in [2.75, 3.05) is 19.8 Å². The molecule has 6 N–H and O–H groups in total. The van der Waals surface area contributed by atoms with Crippen molar-refractivity contribution >= 4 is 17.9 Å². The molecular weight excluding hydrogens is 396 g/mol. The van der Waals surface area contributed by atoms with E-state index in [-0.39, 0.29) is 32.7 Å². The molecule has 0 saturated heterocycles. The van der Waals surface area contributed by atoms with Gasteiger partial charge in [-0.25, -0.2) is 0 Å². The Balaban J connectivity index is -0.000000366. The molecule has 0 saturated carbocycles. The Labute approximate surface area is 179 Å². The number of carboxylic acids is 3. The van der Waals surface area contributed by atoms with Gasteiger partial charge in [0, 0.05) is 24.7 Å². The second kappa shape index (κ2) is 23.6. The highest BCUT2D eigenvalue weighted by Gasteiger charge is 2.24. The Morgan fingerprint density at radius 3 is 1.07 bits per heavy atom. The van der Waals surface area contributed by atoms with Crippen LogP contribution in [0.1, 0.15) is 90.9 Å². The zero-order valence-corrected chi connectivity index (χ0v) is 18.5. The van der Waals surface area contributed by atoms with Gasteiger partial charge in [-0.05, 0) is 25.7 Å². The van der Waals surface area contributed by atoms with Crippen LogP contribution in [-0.4, -0.2) is 68.4 Å². The van der Waals surface area contributed by atoms with Gasteiger partial charge in [-0.3, -0.25) is 14.4 Å². The Morgan fingerprint density at radius 2 is 0.867 bits per heavy atom. The molecule has 0 unspecified atom stereocenters. The average molecular weight is 439 g/mol. The summed E-state index contributed by atoms with van der Waals surface area (Å²) in [6, 6.07) is 0. The zero-order chi connectivity index (χ0) is 23.8. The molecule has 0 aliphatic carbocycles. The third-order valence-electron chi connectivity index (χ3n) is 4.53. The minimum Gasteiger partial charge on any atom is -0.481 e. The molecule has 0 amide bonds. The lowest BCUT2D eigenvalue weighted by Crippen LogP contribution is -2.32. The van der Waals surface area contributed by atoms with Gasteiger partial charge in [0.2, 0.25) is 0 Å². The summed E-state index contributed by atoms with van der Waals surface area (Å²) in [5.41, 5.74) is -0.667. The number of hydrogen-bond acceptors (Lipinski definition) is 6.